The van der Waals surface area contributed by atoms with Crippen LogP contribution in [0.3, 0.4) is 0 Å². The first-order valence-electron chi connectivity index (χ1n) is 4.95. The molecule has 17 heavy (non-hydrogen) atoms. The molecule has 1 heterocycles. The fourth-order valence-corrected chi connectivity index (χ4v) is 1.98. The molecule has 0 radical (unpaired) electrons. The van der Waals surface area contributed by atoms with Gasteiger partial charge in [0.05, 0.1) is 22.9 Å². The van der Waals surface area contributed by atoms with Gasteiger partial charge in [0, 0.05) is 0 Å². The Bertz CT molecular complexity index is 534. The van der Waals surface area contributed by atoms with Gasteiger partial charge in [0.25, 0.3) is 0 Å². The topological polar surface area (TPSA) is 24.9 Å². The van der Waals surface area contributed by atoms with Crippen LogP contribution in [0, 0.1) is 5.82 Å². The van der Waals surface area contributed by atoms with E-state index in [2.05, 4.69) is 26.2 Å². The third-order valence-corrected chi connectivity index (χ3v) is 2.92. The van der Waals surface area contributed by atoms with Gasteiger partial charge >= 0.3 is 0 Å². The summed E-state index contributed by atoms with van der Waals surface area (Å²) in [6, 6.07) is 9.90. The van der Waals surface area contributed by atoms with Gasteiger partial charge in [-0.05, 0) is 46.3 Å². The standard InChI is InChI=1S/C12H9BrClFN2/c13-12-3-1-2-9(17-12)7-16-11-5-4-8(15)6-10(11)14/h1-6,16H,7H2. The molecule has 0 amide bonds. The van der Waals surface area contributed by atoms with Crippen LogP contribution in [0.4, 0.5) is 10.1 Å². The van der Waals surface area contributed by atoms with Gasteiger partial charge in [-0.2, -0.15) is 0 Å². The monoisotopic (exact) mass is 314 g/mol. The van der Waals surface area contributed by atoms with Crippen LogP contribution in [0.15, 0.2) is 41.0 Å². The van der Waals surface area contributed by atoms with Crippen LogP contribution in [0.25, 0.3) is 0 Å². The summed E-state index contributed by atoms with van der Waals surface area (Å²) >= 11 is 9.19. The Balaban J connectivity index is 2.07. The molecule has 2 rings (SSSR count). The number of halogens is 3. The van der Waals surface area contributed by atoms with Crippen molar-refractivity contribution in [1.82, 2.24) is 4.98 Å². The average molecular weight is 316 g/mol. The Hall–Kier alpha value is -1.13. The summed E-state index contributed by atoms with van der Waals surface area (Å²) in [4.78, 5) is 4.27. The van der Waals surface area contributed by atoms with E-state index < -0.39 is 0 Å². The molecule has 0 unspecified atom stereocenters. The highest BCUT2D eigenvalue weighted by atomic mass is 79.9. The molecule has 0 aliphatic heterocycles. The molecular weight excluding hydrogens is 307 g/mol. The second kappa shape index (κ2) is 5.47. The molecule has 0 spiro atoms. The lowest BCUT2D eigenvalue weighted by molar-refractivity contribution is 0.628. The van der Waals surface area contributed by atoms with E-state index in [1.54, 1.807) is 6.07 Å². The van der Waals surface area contributed by atoms with Crippen LogP contribution in [-0.2, 0) is 6.54 Å². The van der Waals surface area contributed by atoms with Crippen molar-refractivity contribution < 1.29 is 4.39 Å². The third kappa shape index (κ3) is 3.41. The van der Waals surface area contributed by atoms with Gasteiger partial charge in [0.1, 0.15) is 10.4 Å². The van der Waals surface area contributed by atoms with Crippen LogP contribution in [0.5, 0.6) is 0 Å². The molecule has 88 valence electrons. The van der Waals surface area contributed by atoms with Crippen LogP contribution >= 0.6 is 27.5 Å². The van der Waals surface area contributed by atoms with Gasteiger partial charge < -0.3 is 5.32 Å². The molecule has 2 nitrogen and oxygen atoms in total. The van der Waals surface area contributed by atoms with E-state index in [0.29, 0.717) is 17.3 Å². The minimum Gasteiger partial charge on any atom is -0.378 e. The normalized spacial score (nSPS) is 10.3. The van der Waals surface area contributed by atoms with Crippen LogP contribution in [-0.4, -0.2) is 4.98 Å². The Morgan fingerprint density at radius 3 is 2.82 bits per heavy atom. The second-order valence-electron chi connectivity index (χ2n) is 3.43. The zero-order chi connectivity index (χ0) is 12.3. The number of hydrogen-bond acceptors (Lipinski definition) is 2. The maximum atomic E-state index is 12.8. The van der Waals surface area contributed by atoms with Crippen molar-refractivity contribution in [3.63, 3.8) is 0 Å². The maximum absolute atomic E-state index is 12.8. The van der Waals surface area contributed by atoms with Crippen molar-refractivity contribution in [2.75, 3.05) is 5.32 Å². The number of rotatable bonds is 3. The molecule has 2 aromatic rings. The minimum atomic E-state index is -0.346. The second-order valence-corrected chi connectivity index (χ2v) is 4.65. The van der Waals surface area contributed by atoms with Gasteiger partial charge in [-0.1, -0.05) is 17.7 Å². The lowest BCUT2D eigenvalue weighted by Gasteiger charge is -2.08. The number of benzene rings is 1. The summed E-state index contributed by atoms with van der Waals surface area (Å²) in [7, 11) is 0. The fourth-order valence-electron chi connectivity index (χ4n) is 1.37. The molecule has 0 atom stereocenters. The SMILES string of the molecule is Fc1ccc(NCc2cccc(Br)n2)c(Cl)c1. The van der Waals surface area contributed by atoms with E-state index in [4.69, 9.17) is 11.6 Å². The molecule has 0 fully saturated rings. The molecular formula is C12H9BrClFN2. The van der Waals surface area contributed by atoms with Crippen molar-refractivity contribution in [3.8, 4) is 0 Å². The molecule has 1 N–H and O–H groups in total. The summed E-state index contributed by atoms with van der Waals surface area (Å²) in [5.41, 5.74) is 1.56. The molecule has 5 heteroatoms. The number of nitrogens with one attached hydrogen (secondary N) is 1. The van der Waals surface area contributed by atoms with Gasteiger partial charge in [0.15, 0.2) is 0 Å². The Morgan fingerprint density at radius 1 is 1.29 bits per heavy atom. The molecule has 0 saturated heterocycles. The quantitative estimate of drug-likeness (QED) is 0.857. The van der Waals surface area contributed by atoms with E-state index in [1.807, 2.05) is 18.2 Å². The highest BCUT2D eigenvalue weighted by Gasteiger charge is 2.02. The number of hydrogen-bond donors (Lipinski definition) is 1. The van der Waals surface area contributed by atoms with Gasteiger partial charge in [-0.25, -0.2) is 9.37 Å². The van der Waals surface area contributed by atoms with Crippen molar-refractivity contribution in [2.24, 2.45) is 0 Å². The first kappa shape index (κ1) is 12.3. The summed E-state index contributed by atoms with van der Waals surface area (Å²) < 4.78 is 13.6. The molecule has 0 saturated carbocycles. The van der Waals surface area contributed by atoms with Gasteiger partial charge in [-0.3, -0.25) is 0 Å². The largest absolute Gasteiger partial charge is 0.378 e. The van der Waals surface area contributed by atoms with Crippen LogP contribution < -0.4 is 5.32 Å². The maximum Gasteiger partial charge on any atom is 0.124 e. The van der Waals surface area contributed by atoms with E-state index in [0.717, 1.165) is 10.3 Å². The highest BCUT2D eigenvalue weighted by Crippen LogP contribution is 2.22. The van der Waals surface area contributed by atoms with Gasteiger partial charge in [0.2, 0.25) is 0 Å². The molecule has 0 aliphatic rings. The van der Waals surface area contributed by atoms with Crippen molar-refractivity contribution in [2.45, 2.75) is 6.54 Å². The Kier molecular flexibility index (Phi) is 3.97. The summed E-state index contributed by atoms with van der Waals surface area (Å²) in [6.45, 7) is 0.533. The highest BCUT2D eigenvalue weighted by molar-refractivity contribution is 9.10. The van der Waals surface area contributed by atoms with Crippen LogP contribution in [0.1, 0.15) is 5.69 Å². The van der Waals surface area contributed by atoms with E-state index in [-0.39, 0.29) is 5.82 Å². The van der Waals surface area contributed by atoms with Gasteiger partial charge in [-0.15, -0.1) is 0 Å². The average Bonchev–Trinajstić information content (AvgIpc) is 2.28. The molecule has 1 aromatic heterocycles. The van der Waals surface area contributed by atoms with E-state index in [1.165, 1.54) is 12.1 Å². The summed E-state index contributed by atoms with van der Waals surface area (Å²) in [5.74, 6) is -0.346. The molecule has 0 bridgehead atoms. The molecule has 0 aliphatic carbocycles. The zero-order valence-electron chi connectivity index (χ0n) is 8.75. The number of anilines is 1. The summed E-state index contributed by atoms with van der Waals surface area (Å²) in [5, 5.41) is 3.46. The minimum absolute atomic E-state index is 0.346. The number of aromatic nitrogens is 1. The predicted molar refractivity (Wildman–Crippen MR) is 70.7 cm³/mol. The summed E-state index contributed by atoms with van der Waals surface area (Å²) in [6.07, 6.45) is 0. The predicted octanol–water partition coefficient (Wildman–Crippen LogP) is 4.25. The Morgan fingerprint density at radius 2 is 2.12 bits per heavy atom. The van der Waals surface area contributed by atoms with Crippen LogP contribution in [0.2, 0.25) is 5.02 Å². The first-order chi connectivity index (χ1) is 8.15. The first-order valence-corrected chi connectivity index (χ1v) is 6.12. The zero-order valence-corrected chi connectivity index (χ0v) is 11.1. The third-order valence-electron chi connectivity index (χ3n) is 2.16. The molecule has 1 aromatic carbocycles. The Labute approximate surface area is 112 Å². The lowest BCUT2D eigenvalue weighted by Crippen LogP contribution is -2.02. The van der Waals surface area contributed by atoms with Crippen molar-refractivity contribution >= 4 is 33.2 Å². The lowest BCUT2D eigenvalue weighted by atomic mass is 10.3. The van der Waals surface area contributed by atoms with E-state index >= 15 is 0 Å². The number of pyridine rings is 1. The number of nitrogens with zero attached hydrogens (tertiary/aromatic N) is 1. The fraction of sp³-hybridized carbons (Fsp3) is 0.0833. The smallest absolute Gasteiger partial charge is 0.124 e. The van der Waals surface area contributed by atoms with E-state index in [9.17, 15) is 4.39 Å². The van der Waals surface area contributed by atoms with Crippen molar-refractivity contribution in [1.29, 1.82) is 0 Å². The van der Waals surface area contributed by atoms with Crippen molar-refractivity contribution in [3.05, 3.63) is 57.5 Å².